The Morgan fingerprint density at radius 1 is 0.592 bits per heavy atom. The molecule has 3 aliphatic heterocycles. The molecule has 120 heavy (non-hydrogen) atoms. The lowest BCUT2D eigenvalue weighted by atomic mass is 10.0. The molecule has 3 aliphatic rings. The molecule has 0 bridgehead atoms. The molecule has 8 heterocycles. The lowest BCUT2D eigenvalue weighted by Gasteiger charge is -2.31. The smallest absolute Gasteiger partial charge is 0.359 e. The number of nitrogens with zero attached hydrogens (tertiary/aromatic N) is 8. The quantitative estimate of drug-likeness (QED) is 0.0117. The third-order valence-electron chi connectivity index (χ3n) is 18.6. The topological polar surface area (TPSA) is 358 Å². The van der Waals surface area contributed by atoms with Crippen LogP contribution in [0.1, 0.15) is 140 Å². The van der Waals surface area contributed by atoms with Gasteiger partial charge in [-0.3, -0.25) is 72.1 Å². The summed E-state index contributed by atoms with van der Waals surface area (Å²) in [5.74, 6) is -23.3. The van der Waals surface area contributed by atoms with E-state index in [0.29, 0.717) is 52.6 Å². The molecule has 0 spiro atoms. The summed E-state index contributed by atoms with van der Waals surface area (Å²) >= 11 is 6.68. The summed E-state index contributed by atoms with van der Waals surface area (Å²) in [7, 11) is 0. The number of carbonyl (C=O) groups is 9. The van der Waals surface area contributed by atoms with Gasteiger partial charge in [0.1, 0.15) is 40.5 Å². The van der Waals surface area contributed by atoms with E-state index in [-0.39, 0.29) is 98.0 Å². The Bertz CT molecular complexity index is 5810. The number of benzene rings is 5. The van der Waals surface area contributed by atoms with E-state index in [1.165, 1.54) is 154 Å². The van der Waals surface area contributed by atoms with E-state index in [1.54, 1.807) is 13.8 Å². The van der Waals surface area contributed by atoms with Crippen molar-refractivity contribution >= 4 is 119 Å². The van der Waals surface area contributed by atoms with Gasteiger partial charge in [0.2, 0.25) is 5.91 Å². The van der Waals surface area contributed by atoms with E-state index in [9.17, 15) is 84.9 Å². The van der Waals surface area contributed by atoms with Crippen LogP contribution in [0.4, 0.5) is 50.9 Å². The number of hydrogen-bond donors (Lipinski definition) is 5. The van der Waals surface area contributed by atoms with Gasteiger partial charge in [0.25, 0.3) is 58.4 Å². The highest BCUT2D eigenvalue weighted by molar-refractivity contribution is 9.11. The minimum absolute atomic E-state index is 0.00345. The number of alkyl halides is 6. The maximum absolute atomic E-state index is 15.9. The highest BCUT2D eigenvalue weighted by Crippen LogP contribution is 2.41. The van der Waals surface area contributed by atoms with Gasteiger partial charge in [-0.25, -0.2) is 54.1 Å². The van der Waals surface area contributed by atoms with Gasteiger partial charge in [-0.2, -0.15) is 0 Å². The summed E-state index contributed by atoms with van der Waals surface area (Å²) in [6.45, 7) is -2.23. The molecule has 10 aromatic rings. The number of aromatic hydroxyl groups is 2. The summed E-state index contributed by atoms with van der Waals surface area (Å²) in [5.41, 5.74) is -2.69. The number of ether oxygens (including phenoxy) is 3. The van der Waals surface area contributed by atoms with Crippen LogP contribution in [0.25, 0.3) is 22.1 Å². The van der Waals surface area contributed by atoms with E-state index in [1.807, 2.05) is 0 Å². The van der Waals surface area contributed by atoms with E-state index < -0.39 is 192 Å². The Morgan fingerprint density at radius 2 is 1.04 bits per heavy atom. The zero-order valence-electron chi connectivity index (χ0n) is 63.5. The third kappa shape index (κ3) is 19.3. The molecule has 0 unspecified atom stereocenters. The van der Waals surface area contributed by atoms with E-state index in [0.717, 1.165) is 4.57 Å². The highest BCUT2D eigenvalue weighted by atomic mass is 79.9. The number of rotatable bonds is 25. The van der Waals surface area contributed by atoms with Gasteiger partial charge in [0, 0.05) is 58.9 Å². The Hall–Kier alpha value is -12.7. The van der Waals surface area contributed by atoms with Crippen LogP contribution in [0.15, 0.2) is 158 Å². The normalized spacial score (nSPS) is 13.4. The Balaban J connectivity index is 0.000000179. The lowest BCUT2D eigenvalue weighted by molar-refractivity contribution is -0.145. The third-order valence-corrected chi connectivity index (χ3v) is 20.4. The minimum Gasteiger partial charge on any atom is -0.505 e. The van der Waals surface area contributed by atoms with Crippen molar-refractivity contribution in [2.45, 2.75) is 90.3 Å². The Kier molecular flexibility index (Phi) is 26.9. The fourth-order valence-electron chi connectivity index (χ4n) is 13.2. The van der Waals surface area contributed by atoms with E-state index in [4.69, 9.17) is 19.3 Å². The highest BCUT2D eigenvalue weighted by Gasteiger charge is 2.47. The van der Waals surface area contributed by atoms with Crippen LogP contribution in [0, 0.1) is 17.5 Å². The second kappa shape index (κ2) is 36.7. The predicted molar refractivity (Wildman–Crippen MR) is 419 cm³/mol. The molecule has 0 aliphatic carbocycles. The van der Waals surface area contributed by atoms with Gasteiger partial charge in [-0.15, -0.1) is 0 Å². The zero-order valence-corrected chi connectivity index (χ0v) is 66.7. The number of carbonyl (C=O) groups excluding carboxylic acids is 9. The molecule has 0 radical (unpaired) electrons. The van der Waals surface area contributed by atoms with Gasteiger partial charge < -0.3 is 45.1 Å². The molecule has 626 valence electrons. The summed E-state index contributed by atoms with van der Waals surface area (Å²) in [5, 5.41) is 35.3. The number of aromatic nitrogens is 5. The van der Waals surface area contributed by atoms with Gasteiger partial charge in [0.15, 0.2) is 22.8 Å². The molecular formula is C82H69Br2F9N10O17. The fourth-order valence-corrected chi connectivity index (χ4v) is 14.5. The number of fused-ring (bicyclic) bond motifs is 3. The van der Waals surface area contributed by atoms with Crippen molar-refractivity contribution in [2.75, 3.05) is 62.8 Å². The molecule has 5 aromatic carbocycles. The van der Waals surface area contributed by atoms with Crippen LogP contribution in [0.3, 0.4) is 0 Å². The fraction of sp³-hybridized carbons (Fsp3) is 0.268. The van der Waals surface area contributed by atoms with Crippen LogP contribution in [0.5, 0.6) is 11.5 Å². The van der Waals surface area contributed by atoms with Crippen LogP contribution in [-0.4, -0.2) is 179 Å². The molecule has 0 atom stereocenters. The summed E-state index contributed by atoms with van der Waals surface area (Å²) < 4.78 is 149. The van der Waals surface area contributed by atoms with Crippen molar-refractivity contribution in [1.82, 2.24) is 39.2 Å². The number of amides is 6. The van der Waals surface area contributed by atoms with Crippen LogP contribution >= 0.6 is 31.9 Å². The van der Waals surface area contributed by atoms with Crippen molar-refractivity contribution in [2.24, 2.45) is 0 Å². The molecule has 5 aromatic heterocycles. The van der Waals surface area contributed by atoms with Crippen molar-refractivity contribution < 1.29 is 112 Å². The first-order chi connectivity index (χ1) is 56.9. The maximum Gasteiger partial charge on any atom is 0.359 e. The average molecular weight is 1800 g/mol. The number of nitrogens with one attached hydrogen (secondary N) is 2. The predicted octanol–water partition coefficient (Wildman–Crippen LogP) is 11.7. The number of pyridine rings is 5. The second-order valence-corrected chi connectivity index (χ2v) is 29.2. The van der Waals surface area contributed by atoms with Crippen molar-refractivity contribution in [3.05, 3.63) is 259 Å². The standard InChI is InChI=1S/C32H29BrF3N3O7.C29H21BrF3N3O6.C21H19F3N4O4/c1-4-45-25(41)14-24(40)38(16-32(35,36)17-39-29(42)22-7-5-6-8-23(22)30(39)43)28-26(33)20(13-19-9-11-21(34)12-10-19)15-37-27(28)31(44)46-18(2)3;1-2-42-28(41)20-24(37)22-23(21(30)16(12-34-22)11-15-7-9-17(31)10-8-15)35(27(20)40)13-29(32,33)14-36-25(38)18-5-3-4-6-19(18)26(36)39;22-13-3-1-11(2-4-13)7-12-8-26-16-17-15(12)27-9-21(23,24)10-28(17)20(32)14(18(16)30)19(31)25-5-6-29/h5-12,15,18H,4,13-14,16-17H2,1-3H3;3-10,12,37H,2,11,13-14H2,1H3;1-4,8,27,29-30H,5-7,9-10H2,(H,25,31). The minimum atomic E-state index is -3.96. The first-order valence-electron chi connectivity index (χ1n) is 36.5. The number of imide groups is 2. The first-order valence-corrected chi connectivity index (χ1v) is 38.1. The Morgan fingerprint density at radius 3 is 1.52 bits per heavy atom. The SMILES string of the molecule is CCOC(=O)CC(=O)N(CC(F)(F)CN1C(=O)c2ccccc2C1=O)c1c(C(=O)OC(C)C)ncc(Cc2ccc(F)cc2)c1Br.CCOC(=O)c1c(O)c2ncc(Cc3ccc(F)cc3)c(Br)c2n(CC(F)(F)CN2C(=O)c3ccccc3C2=O)c1=O.O=C(NCCO)c1c(O)c2ncc(Cc3ccc(F)cc3)c3c2n(c1=O)CC(F)(F)CN3. The maximum atomic E-state index is 15.9. The van der Waals surface area contributed by atoms with E-state index in [2.05, 4.69) is 57.4 Å². The molecule has 13 rings (SSSR count). The summed E-state index contributed by atoms with van der Waals surface area (Å²) in [4.78, 5) is 156. The largest absolute Gasteiger partial charge is 0.505 e. The lowest BCUT2D eigenvalue weighted by Crippen LogP contribution is -2.49. The molecular weight excluding hydrogens is 1730 g/mol. The number of aliphatic hydroxyl groups is 1. The number of aliphatic hydroxyl groups excluding tert-OH is 1. The number of hydrogen-bond acceptors (Lipinski definition) is 21. The van der Waals surface area contributed by atoms with Gasteiger partial charge in [-0.1, -0.05) is 60.7 Å². The molecule has 5 N–H and O–H groups in total. The molecule has 0 saturated carbocycles. The van der Waals surface area contributed by atoms with Gasteiger partial charge in [0.05, 0.1) is 110 Å². The first kappa shape index (κ1) is 88.1. The number of halogens is 11. The average Bonchev–Trinajstić information content (AvgIpc) is 0.987. The van der Waals surface area contributed by atoms with Gasteiger partial charge in [-0.05, 0) is 148 Å². The van der Waals surface area contributed by atoms with E-state index >= 15 is 17.6 Å². The number of anilines is 2. The number of esters is 3. The van der Waals surface area contributed by atoms with Crippen molar-refractivity contribution in [3.63, 3.8) is 0 Å². The van der Waals surface area contributed by atoms with Crippen LogP contribution in [0.2, 0.25) is 0 Å². The van der Waals surface area contributed by atoms with Crippen LogP contribution < -0.4 is 26.7 Å². The molecule has 6 amide bonds. The monoisotopic (exact) mass is 1790 g/mol. The second-order valence-electron chi connectivity index (χ2n) is 27.6. The molecule has 27 nitrogen and oxygen atoms in total. The summed E-state index contributed by atoms with van der Waals surface area (Å²) in [6, 6.07) is 27.9. The molecule has 0 fully saturated rings. The summed E-state index contributed by atoms with van der Waals surface area (Å²) in [6.07, 6.45) is 2.72. The van der Waals surface area contributed by atoms with Crippen LogP contribution in [-0.2, 0) is 56.2 Å². The molecule has 38 heteroatoms. The van der Waals surface area contributed by atoms with Gasteiger partial charge >= 0.3 is 17.9 Å². The Labute approximate surface area is 690 Å². The van der Waals surface area contributed by atoms with Crippen molar-refractivity contribution in [3.8, 4) is 11.5 Å². The van der Waals surface area contributed by atoms with Crippen molar-refractivity contribution in [1.29, 1.82) is 0 Å². The zero-order chi connectivity index (χ0) is 87.1. The molecule has 0 saturated heterocycles.